The Hall–Kier alpha value is -2.84. The zero-order valence-electron chi connectivity index (χ0n) is 32.1. The predicted molar refractivity (Wildman–Crippen MR) is 214 cm³/mol. The van der Waals surface area contributed by atoms with Gasteiger partial charge >= 0.3 is 37.7 Å². The molecule has 4 aromatic rings. The van der Waals surface area contributed by atoms with Crippen molar-refractivity contribution in [3.63, 3.8) is 0 Å². The van der Waals surface area contributed by atoms with Crippen LogP contribution in [0.4, 0.5) is 0 Å². The van der Waals surface area contributed by atoms with Gasteiger partial charge in [-0.2, -0.15) is 8.42 Å². The Morgan fingerprint density at radius 3 is 1.42 bits per heavy atom. The molecular formula is C42H54CaO10S2. The van der Waals surface area contributed by atoms with Crippen molar-refractivity contribution in [2.45, 2.75) is 126 Å². The van der Waals surface area contributed by atoms with E-state index < -0.39 is 20.2 Å². The van der Waals surface area contributed by atoms with Crippen molar-refractivity contribution < 1.29 is 45.6 Å². The minimum absolute atomic E-state index is 0. The average Bonchev–Trinajstić information content (AvgIpc) is 3.10. The van der Waals surface area contributed by atoms with Crippen molar-refractivity contribution in [2.75, 3.05) is 0 Å². The Morgan fingerprint density at radius 2 is 0.964 bits per heavy atom. The minimum atomic E-state index is -4.54. The van der Waals surface area contributed by atoms with Crippen LogP contribution in [0.25, 0.3) is 0 Å². The van der Waals surface area contributed by atoms with E-state index >= 15 is 0 Å². The van der Waals surface area contributed by atoms with Crippen LogP contribution in [-0.4, -0.2) is 68.8 Å². The number of unbranched alkanes of at least 4 members (excludes halogenated alkanes) is 12. The van der Waals surface area contributed by atoms with Crippen molar-refractivity contribution >= 4 is 58.0 Å². The maximum absolute atomic E-state index is 11.7. The largest absolute Gasteiger partial charge is 2.00 e. The van der Waals surface area contributed by atoms with E-state index in [1.165, 1.54) is 93.8 Å². The summed E-state index contributed by atoms with van der Waals surface area (Å²) in [5.41, 5.74) is 1.01. The molecule has 10 nitrogen and oxygen atoms in total. The maximum Gasteiger partial charge on any atom is 2.00 e. The van der Waals surface area contributed by atoms with Crippen LogP contribution in [0.15, 0.2) is 94.7 Å². The molecule has 0 amide bonds. The number of ether oxygens (including phenoxy) is 2. The topological polar surface area (TPSA) is 173 Å². The van der Waals surface area contributed by atoms with Crippen molar-refractivity contribution in [2.24, 2.45) is 0 Å². The fourth-order valence-corrected chi connectivity index (χ4v) is 7.48. The maximum atomic E-state index is 11.7. The van der Waals surface area contributed by atoms with Gasteiger partial charge in [-0.05, 0) is 97.5 Å². The quantitative estimate of drug-likeness (QED) is 0.0441. The summed E-state index contributed by atoms with van der Waals surface area (Å²) in [6.45, 7) is 4.36. The number of benzene rings is 4. The third-order valence-electron chi connectivity index (χ3n) is 8.81. The van der Waals surface area contributed by atoms with Crippen molar-refractivity contribution in [1.82, 2.24) is 0 Å². The first-order valence-electron chi connectivity index (χ1n) is 18.9. The summed E-state index contributed by atoms with van der Waals surface area (Å²) in [6.07, 6.45) is 16.7. The van der Waals surface area contributed by atoms with Gasteiger partial charge in [0.25, 0.3) is 10.1 Å². The van der Waals surface area contributed by atoms with Crippen molar-refractivity contribution in [3.05, 3.63) is 96.1 Å². The molecule has 0 aliphatic heterocycles. The van der Waals surface area contributed by atoms with Crippen molar-refractivity contribution in [1.29, 1.82) is 0 Å². The molecule has 0 bridgehead atoms. The van der Waals surface area contributed by atoms with E-state index in [-0.39, 0.29) is 59.0 Å². The number of hydrogen-bond acceptors (Lipinski definition) is 9. The third kappa shape index (κ3) is 18.8. The SMILES string of the molecule is CCCCCCCCCc1cc(Oc2cccc(O)c2)ccc1S(=O)(=O)O.CCCCCCCCCc1cc(Oc2cccc([O-])c2)ccc1S(=O)(=O)[O-].[Ca+2]. The second kappa shape index (κ2) is 25.4. The van der Waals surface area contributed by atoms with E-state index in [4.69, 9.17) is 9.47 Å². The molecule has 0 saturated heterocycles. The number of aromatic hydroxyl groups is 1. The van der Waals surface area contributed by atoms with Crippen LogP contribution < -0.4 is 14.6 Å². The van der Waals surface area contributed by atoms with Gasteiger partial charge in [0.2, 0.25) is 0 Å². The molecule has 0 radical (unpaired) electrons. The molecule has 0 atom stereocenters. The van der Waals surface area contributed by atoms with Gasteiger partial charge in [0.15, 0.2) is 0 Å². The zero-order chi connectivity index (χ0) is 39.4. The number of phenolic OH excluding ortho intramolecular Hbond substituents is 1. The Bertz CT molecular complexity index is 1810. The molecule has 2 N–H and O–H groups in total. The average molecular weight is 823 g/mol. The minimum Gasteiger partial charge on any atom is -0.872 e. The van der Waals surface area contributed by atoms with E-state index in [1.807, 2.05) is 0 Å². The Kier molecular flexibility index (Phi) is 22.3. The van der Waals surface area contributed by atoms with Crippen LogP contribution in [0.5, 0.6) is 34.5 Å². The van der Waals surface area contributed by atoms with E-state index in [1.54, 1.807) is 42.5 Å². The normalized spacial score (nSPS) is 11.3. The summed E-state index contributed by atoms with van der Waals surface area (Å²) in [5.74, 6) is 1.62. The van der Waals surface area contributed by atoms with E-state index in [0.717, 1.165) is 38.5 Å². The fraction of sp³-hybridized carbons (Fsp3) is 0.429. The summed E-state index contributed by atoms with van der Waals surface area (Å²) in [7, 11) is -8.82. The van der Waals surface area contributed by atoms with Gasteiger partial charge in [-0.25, -0.2) is 8.42 Å². The summed E-state index contributed by atoms with van der Waals surface area (Å²) in [6, 6.07) is 21.2. The Balaban J connectivity index is 0.000000373. The fourth-order valence-electron chi connectivity index (χ4n) is 6.03. The molecule has 0 fully saturated rings. The van der Waals surface area contributed by atoms with Crippen LogP contribution in [-0.2, 0) is 33.1 Å². The van der Waals surface area contributed by atoms with Crippen LogP contribution in [0, 0.1) is 0 Å². The molecule has 4 aromatic carbocycles. The molecule has 0 aromatic heterocycles. The summed E-state index contributed by atoms with van der Waals surface area (Å²) in [4.78, 5) is -0.268. The molecular weight excluding hydrogens is 769 g/mol. The first-order chi connectivity index (χ1) is 25.8. The van der Waals surface area contributed by atoms with Gasteiger partial charge in [0.1, 0.15) is 38.9 Å². The van der Waals surface area contributed by atoms with E-state index in [2.05, 4.69) is 13.8 Å². The van der Waals surface area contributed by atoms with Crippen LogP contribution >= 0.6 is 0 Å². The summed E-state index contributed by atoms with van der Waals surface area (Å²) >= 11 is 0. The standard InChI is InChI=1S/2C21H28O5S.Ca/c2*1-2-3-4-5-6-7-8-10-17-15-20(13-14-21(17)27(23,24)25)26-19-12-9-11-18(22)16-19;/h2*9,11-16,22H,2-8,10H2,1H3,(H,23,24,25);/q;;+2/p-2. The van der Waals surface area contributed by atoms with Crippen LogP contribution in [0.3, 0.4) is 0 Å². The first-order valence-corrected chi connectivity index (χ1v) is 21.8. The second-order valence-corrected chi connectivity index (χ2v) is 16.1. The molecule has 0 unspecified atom stereocenters. The van der Waals surface area contributed by atoms with Gasteiger partial charge in [-0.1, -0.05) is 109 Å². The summed E-state index contributed by atoms with van der Waals surface area (Å²) in [5, 5.41) is 20.9. The second-order valence-electron chi connectivity index (χ2n) is 13.4. The molecule has 13 heteroatoms. The summed E-state index contributed by atoms with van der Waals surface area (Å²) < 4.78 is 78.8. The molecule has 55 heavy (non-hydrogen) atoms. The molecule has 4 rings (SSSR count). The third-order valence-corrected chi connectivity index (χ3v) is 10.7. The first kappa shape index (κ1) is 48.3. The van der Waals surface area contributed by atoms with Gasteiger partial charge in [-0.15, -0.1) is 5.75 Å². The van der Waals surface area contributed by atoms with Gasteiger partial charge in [-0.3, -0.25) is 4.55 Å². The van der Waals surface area contributed by atoms with E-state index in [9.17, 15) is 36.2 Å². The number of aryl methyl sites for hydroxylation is 2. The molecule has 0 aliphatic carbocycles. The van der Waals surface area contributed by atoms with Crippen LogP contribution in [0.1, 0.15) is 115 Å². The predicted octanol–water partition coefficient (Wildman–Crippen LogP) is 10.1. The molecule has 0 aliphatic rings. The van der Waals surface area contributed by atoms with Gasteiger partial charge < -0.3 is 24.2 Å². The number of phenols is 1. The van der Waals surface area contributed by atoms with Gasteiger partial charge in [0, 0.05) is 6.07 Å². The van der Waals surface area contributed by atoms with Crippen LogP contribution in [0.2, 0.25) is 0 Å². The Morgan fingerprint density at radius 1 is 0.545 bits per heavy atom. The molecule has 0 spiro atoms. The zero-order valence-corrected chi connectivity index (χ0v) is 35.9. The Labute approximate surface area is 357 Å². The number of hydrogen-bond donors (Lipinski definition) is 2. The van der Waals surface area contributed by atoms with Crippen molar-refractivity contribution in [3.8, 4) is 34.5 Å². The monoisotopic (exact) mass is 822 g/mol. The molecule has 0 heterocycles. The number of rotatable bonds is 22. The molecule has 0 saturated carbocycles. The van der Waals surface area contributed by atoms with Gasteiger partial charge in [0.05, 0.1) is 9.79 Å². The van der Waals surface area contributed by atoms with E-state index in [0.29, 0.717) is 47.0 Å². The smallest absolute Gasteiger partial charge is 0.872 e. The molecule has 296 valence electrons.